The van der Waals surface area contributed by atoms with Crippen molar-refractivity contribution in [2.24, 2.45) is 0 Å². The van der Waals surface area contributed by atoms with Crippen LogP contribution in [0, 0.1) is 10.1 Å². The number of methoxy groups -OCH3 is 3. The Hall–Kier alpha value is -4.22. The number of carbonyl (C=O) groups is 2. The Balaban J connectivity index is 1.49. The molecule has 0 unspecified atom stereocenters. The summed E-state index contributed by atoms with van der Waals surface area (Å²) in [4.78, 5) is 40.5. The monoisotopic (exact) mass is 487 g/mol. The smallest absolute Gasteiger partial charge is 0.327 e. The summed E-state index contributed by atoms with van der Waals surface area (Å²) in [7, 11) is 3.93. The minimum atomic E-state index is -0.789. The lowest BCUT2D eigenvalue weighted by atomic mass is 10.1. The van der Waals surface area contributed by atoms with Gasteiger partial charge in [0, 0.05) is 32.2 Å². The molecule has 2 aliphatic heterocycles. The average Bonchev–Trinajstić information content (AvgIpc) is 2.90. The number of nitro groups is 1. The van der Waals surface area contributed by atoms with Crippen molar-refractivity contribution in [1.29, 1.82) is 0 Å². The number of benzene rings is 2. The molecule has 2 amide bonds. The SMILES string of the molecule is COc1cc(C(=O)N2CCN(C(=O)[C@@H]3COc4ccccc4O3)CC2)c([N+](=O)[O-])c(OC)c1OC. The van der Waals surface area contributed by atoms with Gasteiger partial charge in [0.05, 0.1) is 26.3 Å². The van der Waals surface area contributed by atoms with Gasteiger partial charge in [0.15, 0.2) is 17.2 Å². The summed E-state index contributed by atoms with van der Waals surface area (Å²) in [5.74, 6) is 0.203. The molecule has 2 aromatic rings. The quantitative estimate of drug-likeness (QED) is 0.442. The summed E-state index contributed by atoms with van der Waals surface area (Å²) < 4.78 is 27.1. The maximum absolute atomic E-state index is 13.3. The van der Waals surface area contributed by atoms with E-state index in [-0.39, 0.29) is 61.5 Å². The van der Waals surface area contributed by atoms with Crippen LogP contribution in [0.2, 0.25) is 0 Å². The number of nitrogens with zero attached hydrogens (tertiary/aromatic N) is 3. The summed E-state index contributed by atoms with van der Waals surface area (Å²) in [6, 6.07) is 8.38. The normalized spacial score (nSPS) is 16.9. The summed E-state index contributed by atoms with van der Waals surface area (Å²) in [5, 5.41) is 11.8. The highest BCUT2D eigenvalue weighted by atomic mass is 16.6. The van der Waals surface area contributed by atoms with E-state index in [1.165, 1.54) is 32.3 Å². The van der Waals surface area contributed by atoms with Crippen LogP contribution in [0.3, 0.4) is 0 Å². The highest BCUT2D eigenvalue weighted by molar-refractivity contribution is 6.01. The lowest BCUT2D eigenvalue weighted by molar-refractivity contribution is -0.386. The molecule has 35 heavy (non-hydrogen) atoms. The van der Waals surface area contributed by atoms with Gasteiger partial charge in [-0.25, -0.2) is 0 Å². The molecule has 0 aliphatic carbocycles. The van der Waals surface area contributed by atoms with Crippen molar-refractivity contribution in [3.63, 3.8) is 0 Å². The average molecular weight is 487 g/mol. The standard InChI is InChI=1S/C23H25N3O9/c1-31-17-12-14(19(26(29)30)21(33-3)20(17)32-2)22(27)24-8-10-25(11-9-24)23(28)18-13-34-15-6-4-5-7-16(15)35-18/h4-7,12,18H,8-11,13H2,1-3H3/t18-/m0/s1. The van der Waals surface area contributed by atoms with E-state index < -0.39 is 22.6 Å². The highest BCUT2D eigenvalue weighted by Gasteiger charge is 2.37. The Morgan fingerprint density at radius 1 is 0.971 bits per heavy atom. The fraction of sp³-hybridized carbons (Fsp3) is 0.391. The van der Waals surface area contributed by atoms with Crippen LogP contribution in [0.4, 0.5) is 5.69 Å². The lowest BCUT2D eigenvalue weighted by Crippen LogP contribution is -2.55. The van der Waals surface area contributed by atoms with E-state index in [9.17, 15) is 19.7 Å². The van der Waals surface area contributed by atoms with Gasteiger partial charge in [-0.2, -0.15) is 0 Å². The van der Waals surface area contributed by atoms with E-state index in [4.69, 9.17) is 23.7 Å². The van der Waals surface area contributed by atoms with Crippen LogP contribution in [0.15, 0.2) is 30.3 Å². The first kappa shape index (κ1) is 23.9. The van der Waals surface area contributed by atoms with Crippen molar-refractivity contribution >= 4 is 17.5 Å². The number of para-hydroxylation sites is 2. The van der Waals surface area contributed by atoms with Gasteiger partial charge < -0.3 is 33.5 Å². The Morgan fingerprint density at radius 2 is 1.60 bits per heavy atom. The predicted octanol–water partition coefficient (Wildman–Crippen LogP) is 1.74. The zero-order valence-electron chi connectivity index (χ0n) is 19.5. The molecule has 1 fully saturated rings. The maximum atomic E-state index is 13.3. The molecule has 0 N–H and O–H groups in total. The van der Waals surface area contributed by atoms with E-state index >= 15 is 0 Å². The van der Waals surface area contributed by atoms with Crippen LogP contribution in [0.25, 0.3) is 0 Å². The Labute approximate surface area is 201 Å². The summed E-state index contributed by atoms with van der Waals surface area (Å²) in [6.45, 7) is 0.937. The van der Waals surface area contributed by atoms with Crippen LogP contribution in [0.1, 0.15) is 10.4 Å². The van der Waals surface area contributed by atoms with E-state index in [1.807, 2.05) is 6.07 Å². The molecule has 2 aromatic carbocycles. The van der Waals surface area contributed by atoms with Gasteiger partial charge in [-0.1, -0.05) is 12.1 Å². The van der Waals surface area contributed by atoms with Crippen LogP contribution >= 0.6 is 0 Å². The van der Waals surface area contributed by atoms with Gasteiger partial charge in [0.2, 0.25) is 17.6 Å². The third kappa shape index (κ3) is 4.46. The first-order chi connectivity index (χ1) is 16.9. The van der Waals surface area contributed by atoms with Crippen LogP contribution < -0.4 is 23.7 Å². The molecule has 186 valence electrons. The molecule has 4 rings (SSSR count). The lowest BCUT2D eigenvalue weighted by Gasteiger charge is -2.37. The zero-order valence-corrected chi connectivity index (χ0v) is 19.5. The molecule has 0 spiro atoms. The Kier molecular flexibility index (Phi) is 6.80. The van der Waals surface area contributed by atoms with Crippen LogP contribution in [0.5, 0.6) is 28.7 Å². The zero-order chi connectivity index (χ0) is 25.1. The molecule has 0 aromatic heterocycles. The fourth-order valence-corrected chi connectivity index (χ4v) is 4.13. The molecule has 12 heteroatoms. The van der Waals surface area contributed by atoms with Crippen molar-refractivity contribution in [2.75, 3.05) is 54.1 Å². The number of ether oxygens (including phenoxy) is 5. The number of piperazine rings is 1. The number of hydrogen-bond acceptors (Lipinski definition) is 9. The number of nitro benzene ring substituents is 1. The molecular formula is C23H25N3O9. The molecule has 12 nitrogen and oxygen atoms in total. The van der Waals surface area contributed by atoms with E-state index in [1.54, 1.807) is 23.1 Å². The first-order valence-corrected chi connectivity index (χ1v) is 10.8. The second-order valence-corrected chi connectivity index (χ2v) is 7.78. The van der Waals surface area contributed by atoms with Gasteiger partial charge in [0.25, 0.3) is 11.8 Å². The Morgan fingerprint density at radius 3 is 2.20 bits per heavy atom. The number of amides is 2. The molecular weight excluding hydrogens is 462 g/mol. The summed E-state index contributed by atoms with van der Waals surface area (Å²) >= 11 is 0. The highest BCUT2D eigenvalue weighted by Crippen LogP contribution is 2.46. The van der Waals surface area contributed by atoms with Crippen molar-refractivity contribution in [2.45, 2.75) is 6.10 Å². The maximum Gasteiger partial charge on any atom is 0.327 e. The van der Waals surface area contributed by atoms with E-state index in [0.29, 0.717) is 11.5 Å². The van der Waals surface area contributed by atoms with E-state index in [0.717, 1.165) is 0 Å². The number of rotatable bonds is 6. The molecule has 2 heterocycles. The first-order valence-electron chi connectivity index (χ1n) is 10.8. The second kappa shape index (κ2) is 9.95. The minimum absolute atomic E-state index is 0.0185. The predicted molar refractivity (Wildman–Crippen MR) is 122 cm³/mol. The van der Waals surface area contributed by atoms with Gasteiger partial charge >= 0.3 is 5.69 Å². The molecule has 1 saturated heterocycles. The minimum Gasteiger partial charge on any atom is -0.493 e. The number of fused-ring (bicyclic) bond motifs is 1. The molecule has 0 saturated carbocycles. The van der Waals surface area contributed by atoms with Crippen molar-refractivity contribution in [3.8, 4) is 28.7 Å². The third-order valence-corrected chi connectivity index (χ3v) is 5.88. The van der Waals surface area contributed by atoms with Crippen molar-refractivity contribution in [1.82, 2.24) is 9.80 Å². The van der Waals surface area contributed by atoms with Gasteiger partial charge in [-0.3, -0.25) is 19.7 Å². The topological polar surface area (TPSA) is 130 Å². The van der Waals surface area contributed by atoms with Crippen LogP contribution in [-0.4, -0.2) is 86.8 Å². The molecule has 0 radical (unpaired) electrons. The number of hydrogen-bond donors (Lipinski definition) is 0. The molecule has 2 aliphatic rings. The van der Waals surface area contributed by atoms with Crippen molar-refractivity contribution < 1.29 is 38.2 Å². The second-order valence-electron chi connectivity index (χ2n) is 7.78. The Bertz CT molecular complexity index is 1150. The molecule has 1 atom stereocenters. The third-order valence-electron chi connectivity index (χ3n) is 5.88. The molecule has 0 bridgehead atoms. The van der Waals surface area contributed by atoms with Gasteiger partial charge in [-0.05, 0) is 12.1 Å². The largest absolute Gasteiger partial charge is 0.493 e. The summed E-state index contributed by atoms with van der Waals surface area (Å²) in [5.41, 5.74) is -0.704. The van der Waals surface area contributed by atoms with Gasteiger partial charge in [-0.15, -0.1) is 0 Å². The number of carbonyl (C=O) groups excluding carboxylic acids is 2. The van der Waals surface area contributed by atoms with Crippen LogP contribution in [-0.2, 0) is 4.79 Å². The fourth-order valence-electron chi connectivity index (χ4n) is 4.13. The summed E-state index contributed by atoms with van der Waals surface area (Å²) in [6.07, 6.45) is -0.789. The van der Waals surface area contributed by atoms with Gasteiger partial charge in [0.1, 0.15) is 12.2 Å². The van der Waals surface area contributed by atoms with Crippen molar-refractivity contribution in [3.05, 3.63) is 46.0 Å². The van der Waals surface area contributed by atoms with E-state index in [2.05, 4.69) is 0 Å².